The standard InChI is InChI=1S/C14H14O5/c1-9(15)18-12-6-7-13(8-12)19-11-4-2-10(3-5-11)14(16)17/h2-7,12-13H,8H2,1H3,(H,16,17). The van der Waals surface area contributed by atoms with Gasteiger partial charge in [-0.3, -0.25) is 4.79 Å². The van der Waals surface area contributed by atoms with Gasteiger partial charge in [-0.15, -0.1) is 0 Å². The van der Waals surface area contributed by atoms with Gasteiger partial charge in [0.1, 0.15) is 18.0 Å². The smallest absolute Gasteiger partial charge is 0.335 e. The molecule has 0 heterocycles. The summed E-state index contributed by atoms with van der Waals surface area (Å²) < 4.78 is 10.7. The van der Waals surface area contributed by atoms with Crippen LogP contribution in [0, 0.1) is 0 Å². The third kappa shape index (κ3) is 3.58. The number of benzene rings is 1. The summed E-state index contributed by atoms with van der Waals surface area (Å²) >= 11 is 0. The van der Waals surface area contributed by atoms with Crippen molar-refractivity contribution in [1.29, 1.82) is 0 Å². The van der Waals surface area contributed by atoms with Gasteiger partial charge in [0, 0.05) is 13.3 Å². The number of carboxylic acids is 1. The van der Waals surface area contributed by atoms with Crippen molar-refractivity contribution in [2.45, 2.75) is 25.6 Å². The van der Waals surface area contributed by atoms with Crippen LogP contribution in [0.3, 0.4) is 0 Å². The Labute approximate surface area is 110 Å². The van der Waals surface area contributed by atoms with E-state index in [-0.39, 0.29) is 23.7 Å². The molecule has 0 amide bonds. The lowest BCUT2D eigenvalue weighted by molar-refractivity contribution is -0.144. The molecule has 19 heavy (non-hydrogen) atoms. The molecule has 1 aliphatic rings. The summed E-state index contributed by atoms with van der Waals surface area (Å²) in [6.45, 7) is 1.37. The van der Waals surface area contributed by atoms with Crippen LogP contribution in [0.4, 0.5) is 0 Å². The zero-order valence-electron chi connectivity index (χ0n) is 10.4. The summed E-state index contributed by atoms with van der Waals surface area (Å²) in [5.41, 5.74) is 0.215. The molecule has 100 valence electrons. The molecule has 1 aromatic carbocycles. The number of carbonyl (C=O) groups is 2. The fraction of sp³-hybridized carbons (Fsp3) is 0.286. The molecule has 0 aliphatic heterocycles. The Balaban J connectivity index is 1.91. The van der Waals surface area contributed by atoms with Crippen molar-refractivity contribution >= 4 is 11.9 Å². The molecule has 2 unspecified atom stereocenters. The highest BCUT2D eigenvalue weighted by Gasteiger charge is 2.22. The predicted molar refractivity (Wildman–Crippen MR) is 67.1 cm³/mol. The number of hydrogen-bond donors (Lipinski definition) is 1. The van der Waals surface area contributed by atoms with Crippen LogP contribution >= 0.6 is 0 Å². The highest BCUT2D eigenvalue weighted by atomic mass is 16.5. The van der Waals surface area contributed by atoms with Gasteiger partial charge in [0.15, 0.2) is 0 Å². The van der Waals surface area contributed by atoms with Gasteiger partial charge in [-0.25, -0.2) is 4.79 Å². The molecule has 0 bridgehead atoms. The van der Waals surface area contributed by atoms with Crippen LogP contribution in [0.2, 0.25) is 0 Å². The number of carbonyl (C=O) groups excluding carboxylic acids is 1. The van der Waals surface area contributed by atoms with E-state index in [2.05, 4.69) is 0 Å². The van der Waals surface area contributed by atoms with Crippen LogP contribution in [-0.2, 0) is 9.53 Å². The SMILES string of the molecule is CC(=O)OC1C=CC(Oc2ccc(C(=O)O)cc2)C1. The first-order valence-electron chi connectivity index (χ1n) is 5.90. The number of esters is 1. The third-order valence-electron chi connectivity index (χ3n) is 2.71. The Morgan fingerprint density at radius 2 is 1.79 bits per heavy atom. The zero-order valence-corrected chi connectivity index (χ0v) is 10.4. The molecule has 2 atom stereocenters. The summed E-state index contributed by atoms with van der Waals surface area (Å²) in [6.07, 6.45) is 3.78. The molecule has 0 radical (unpaired) electrons. The van der Waals surface area contributed by atoms with Crippen molar-refractivity contribution in [1.82, 2.24) is 0 Å². The van der Waals surface area contributed by atoms with Gasteiger partial charge >= 0.3 is 11.9 Å². The maximum Gasteiger partial charge on any atom is 0.335 e. The Bertz CT molecular complexity index is 503. The van der Waals surface area contributed by atoms with Crippen molar-refractivity contribution in [3.05, 3.63) is 42.0 Å². The lowest BCUT2D eigenvalue weighted by Crippen LogP contribution is -2.18. The van der Waals surface area contributed by atoms with E-state index in [9.17, 15) is 9.59 Å². The first kappa shape index (κ1) is 13.1. The second-order valence-electron chi connectivity index (χ2n) is 4.25. The maximum atomic E-state index is 10.8. The molecule has 1 aliphatic carbocycles. The molecular weight excluding hydrogens is 248 g/mol. The second-order valence-corrected chi connectivity index (χ2v) is 4.25. The number of ether oxygens (including phenoxy) is 2. The normalized spacial score (nSPS) is 21.1. The van der Waals surface area contributed by atoms with Crippen LogP contribution in [0.25, 0.3) is 0 Å². The van der Waals surface area contributed by atoms with Crippen molar-refractivity contribution in [3.8, 4) is 5.75 Å². The van der Waals surface area contributed by atoms with Crippen molar-refractivity contribution in [2.75, 3.05) is 0 Å². The van der Waals surface area contributed by atoms with E-state index >= 15 is 0 Å². The molecule has 5 heteroatoms. The minimum absolute atomic E-state index is 0.167. The minimum atomic E-state index is -0.970. The van der Waals surface area contributed by atoms with E-state index in [0.717, 1.165) is 0 Å². The van der Waals surface area contributed by atoms with E-state index < -0.39 is 5.97 Å². The highest BCUT2D eigenvalue weighted by molar-refractivity contribution is 5.87. The zero-order chi connectivity index (χ0) is 13.8. The predicted octanol–water partition coefficient (Wildman–Crippen LogP) is 2.02. The van der Waals surface area contributed by atoms with E-state index in [0.29, 0.717) is 12.2 Å². The number of hydrogen-bond acceptors (Lipinski definition) is 4. The molecule has 0 saturated carbocycles. The first-order chi connectivity index (χ1) is 9.04. The molecule has 0 saturated heterocycles. The largest absolute Gasteiger partial charge is 0.486 e. The van der Waals surface area contributed by atoms with Gasteiger partial charge in [0.2, 0.25) is 0 Å². The number of rotatable bonds is 4. The van der Waals surface area contributed by atoms with Crippen LogP contribution in [0.15, 0.2) is 36.4 Å². The van der Waals surface area contributed by atoms with Crippen LogP contribution < -0.4 is 4.74 Å². The average Bonchev–Trinajstić information content (AvgIpc) is 2.76. The lowest BCUT2D eigenvalue weighted by atomic mass is 10.2. The van der Waals surface area contributed by atoms with Crippen LogP contribution in [0.5, 0.6) is 5.75 Å². The van der Waals surface area contributed by atoms with E-state index in [1.54, 1.807) is 18.2 Å². The molecule has 0 fully saturated rings. The molecule has 0 aromatic heterocycles. The monoisotopic (exact) mass is 262 g/mol. The summed E-state index contributed by atoms with van der Waals surface area (Å²) in [5.74, 6) is -0.702. The quantitative estimate of drug-likeness (QED) is 0.664. The van der Waals surface area contributed by atoms with E-state index in [1.807, 2.05) is 6.08 Å². The Morgan fingerprint density at radius 3 is 2.37 bits per heavy atom. The summed E-state index contributed by atoms with van der Waals surface area (Å²) in [7, 11) is 0. The number of aromatic carboxylic acids is 1. The first-order valence-corrected chi connectivity index (χ1v) is 5.90. The van der Waals surface area contributed by atoms with Gasteiger partial charge < -0.3 is 14.6 Å². The lowest BCUT2D eigenvalue weighted by Gasteiger charge is -2.14. The molecule has 5 nitrogen and oxygen atoms in total. The number of carboxylic acid groups (broad SMARTS) is 1. The Hall–Kier alpha value is -2.30. The summed E-state index contributed by atoms with van der Waals surface area (Å²) in [6, 6.07) is 6.19. The molecule has 2 rings (SSSR count). The molecule has 1 aromatic rings. The molecule has 1 N–H and O–H groups in total. The van der Waals surface area contributed by atoms with Crippen LogP contribution in [0.1, 0.15) is 23.7 Å². The Morgan fingerprint density at radius 1 is 1.16 bits per heavy atom. The maximum absolute atomic E-state index is 10.8. The van der Waals surface area contributed by atoms with Crippen LogP contribution in [-0.4, -0.2) is 29.3 Å². The van der Waals surface area contributed by atoms with E-state index in [4.69, 9.17) is 14.6 Å². The van der Waals surface area contributed by atoms with Gasteiger partial charge in [0.25, 0.3) is 0 Å². The second kappa shape index (κ2) is 5.56. The average molecular weight is 262 g/mol. The molecule has 0 spiro atoms. The fourth-order valence-electron chi connectivity index (χ4n) is 1.87. The fourth-order valence-corrected chi connectivity index (χ4v) is 1.87. The summed E-state index contributed by atoms with van der Waals surface area (Å²) in [4.78, 5) is 21.5. The van der Waals surface area contributed by atoms with Gasteiger partial charge in [0.05, 0.1) is 5.56 Å². The van der Waals surface area contributed by atoms with Crippen molar-refractivity contribution in [3.63, 3.8) is 0 Å². The Kier molecular flexibility index (Phi) is 3.85. The molecular formula is C14H14O5. The topological polar surface area (TPSA) is 72.8 Å². The highest BCUT2D eigenvalue weighted by Crippen LogP contribution is 2.21. The van der Waals surface area contributed by atoms with Gasteiger partial charge in [-0.05, 0) is 36.4 Å². The van der Waals surface area contributed by atoms with E-state index in [1.165, 1.54) is 19.1 Å². The third-order valence-corrected chi connectivity index (χ3v) is 2.71. The van der Waals surface area contributed by atoms with Crippen molar-refractivity contribution in [2.24, 2.45) is 0 Å². The minimum Gasteiger partial charge on any atom is -0.486 e. The van der Waals surface area contributed by atoms with Crippen molar-refractivity contribution < 1.29 is 24.2 Å². The van der Waals surface area contributed by atoms with Gasteiger partial charge in [-0.2, -0.15) is 0 Å². The summed E-state index contributed by atoms with van der Waals surface area (Å²) in [5, 5.41) is 8.78. The van der Waals surface area contributed by atoms with Gasteiger partial charge in [-0.1, -0.05) is 0 Å².